The summed E-state index contributed by atoms with van der Waals surface area (Å²) >= 11 is 1.70. The van der Waals surface area contributed by atoms with Gasteiger partial charge >= 0.3 is 0 Å². The lowest BCUT2D eigenvalue weighted by Crippen LogP contribution is -2.05. The van der Waals surface area contributed by atoms with Gasteiger partial charge in [-0.05, 0) is 30.4 Å². The van der Waals surface area contributed by atoms with E-state index < -0.39 is 0 Å². The first kappa shape index (κ1) is 8.71. The Morgan fingerprint density at radius 3 is 3.00 bits per heavy atom. The molecule has 0 spiro atoms. The minimum Gasteiger partial charge on any atom is -0.296 e. The summed E-state index contributed by atoms with van der Waals surface area (Å²) in [6.07, 6.45) is 1.08. The minimum atomic E-state index is 0.0324. The van der Waals surface area contributed by atoms with Crippen LogP contribution in [0.2, 0.25) is 0 Å². The molecule has 0 aliphatic heterocycles. The van der Waals surface area contributed by atoms with E-state index in [1.807, 2.05) is 6.92 Å². The van der Waals surface area contributed by atoms with Crippen LogP contribution in [0.15, 0.2) is 11.4 Å². The molecule has 2 N–H and O–H groups in total. The molecular formula is C8H13NOS. The Morgan fingerprint density at radius 2 is 2.45 bits per heavy atom. The van der Waals surface area contributed by atoms with Gasteiger partial charge in [-0.15, -0.1) is 11.3 Å². The van der Waals surface area contributed by atoms with Gasteiger partial charge in [0.1, 0.15) is 6.10 Å². The fourth-order valence-corrected chi connectivity index (χ4v) is 2.05. The van der Waals surface area contributed by atoms with Gasteiger partial charge < -0.3 is 0 Å². The molecule has 0 saturated heterocycles. The van der Waals surface area contributed by atoms with Gasteiger partial charge in [-0.3, -0.25) is 4.84 Å². The average molecular weight is 171 g/mol. The van der Waals surface area contributed by atoms with E-state index in [9.17, 15) is 0 Å². The van der Waals surface area contributed by atoms with Crippen LogP contribution in [0.4, 0.5) is 0 Å². The normalized spacial score (nSPS) is 13.4. The lowest BCUT2D eigenvalue weighted by molar-refractivity contribution is 0.0684. The second-order valence-electron chi connectivity index (χ2n) is 2.44. The molecule has 62 valence electrons. The second-order valence-corrected chi connectivity index (χ2v) is 3.39. The zero-order valence-corrected chi connectivity index (χ0v) is 7.65. The molecule has 1 unspecified atom stereocenters. The lowest BCUT2D eigenvalue weighted by atomic mass is 10.1. The summed E-state index contributed by atoms with van der Waals surface area (Å²) in [6, 6.07) is 2.12. The molecule has 0 fully saturated rings. The van der Waals surface area contributed by atoms with Crippen molar-refractivity contribution >= 4 is 11.3 Å². The van der Waals surface area contributed by atoms with Crippen molar-refractivity contribution in [2.45, 2.75) is 26.4 Å². The van der Waals surface area contributed by atoms with E-state index in [-0.39, 0.29) is 6.10 Å². The summed E-state index contributed by atoms with van der Waals surface area (Å²) in [6.45, 7) is 4.10. The number of aryl methyl sites for hydroxylation is 1. The van der Waals surface area contributed by atoms with Crippen molar-refractivity contribution in [3.05, 3.63) is 21.9 Å². The van der Waals surface area contributed by atoms with Crippen LogP contribution in [-0.4, -0.2) is 0 Å². The first-order chi connectivity index (χ1) is 5.29. The highest BCUT2D eigenvalue weighted by Gasteiger charge is 2.09. The lowest BCUT2D eigenvalue weighted by Gasteiger charge is -2.07. The standard InChI is InChI=1S/C8H13NOS/c1-3-7-4-5-11-8(7)6(2)10-9/h4-6H,3,9H2,1-2H3. The van der Waals surface area contributed by atoms with E-state index in [2.05, 4.69) is 18.4 Å². The number of nitrogens with two attached hydrogens (primary N) is 1. The van der Waals surface area contributed by atoms with Crippen LogP contribution in [0.25, 0.3) is 0 Å². The zero-order chi connectivity index (χ0) is 8.27. The predicted molar refractivity (Wildman–Crippen MR) is 47.4 cm³/mol. The Labute approximate surface area is 70.9 Å². The highest BCUT2D eigenvalue weighted by atomic mass is 32.1. The van der Waals surface area contributed by atoms with Gasteiger partial charge in [-0.1, -0.05) is 6.92 Å². The molecule has 0 radical (unpaired) electrons. The molecule has 1 rings (SSSR count). The summed E-state index contributed by atoms with van der Waals surface area (Å²) < 4.78 is 0. The molecule has 2 nitrogen and oxygen atoms in total. The summed E-state index contributed by atoms with van der Waals surface area (Å²) in [4.78, 5) is 5.99. The molecule has 0 aliphatic rings. The maximum absolute atomic E-state index is 5.09. The topological polar surface area (TPSA) is 35.2 Å². The number of hydrogen-bond acceptors (Lipinski definition) is 3. The van der Waals surface area contributed by atoms with Crippen LogP contribution >= 0.6 is 11.3 Å². The predicted octanol–water partition coefficient (Wildman–Crippen LogP) is 2.26. The minimum absolute atomic E-state index is 0.0324. The molecule has 0 bridgehead atoms. The van der Waals surface area contributed by atoms with E-state index in [1.54, 1.807) is 11.3 Å². The van der Waals surface area contributed by atoms with Crippen molar-refractivity contribution in [2.75, 3.05) is 0 Å². The van der Waals surface area contributed by atoms with E-state index in [0.29, 0.717) is 0 Å². The van der Waals surface area contributed by atoms with Gasteiger partial charge in [0.05, 0.1) is 0 Å². The molecule has 0 amide bonds. The smallest absolute Gasteiger partial charge is 0.110 e. The van der Waals surface area contributed by atoms with E-state index in [0.717, 1.165) is 6.42 Å². The van der Waals surface area contributed by atoms with Crippen molar-refractivity contribution in [3.63, 3.8) is 0 Å². The van der Waals surface area contributed by atoms with Crippen LogP contribution < -0.4 is 5.90 Å². The quantitative estimate of drug-likeness (QED) is 0.708. The van der Waals surface area contributed by atoms with Gasteiger partial charge in [0, 0.05) is 4.88 Å². The van der Waals surface area contributed by atoms with Crippen LogP contribution in [-0.2, 0) is 11.3 Å². The number of hydrogen-bond donors (Lipinski definition) is 1. The van der Waals surface area contributed by atoms with Gasteiger partial charge in [0.2, 0.25) is 0 Å². The van der Waals surface area contributed by atoms with E-state index >= 15 is 0 Å². The highest BCUT2D eigenvalue weighted by Crippen LogP contribution is 2.25. The summed E-state index contributed by atoms with van der Waals surface area (Å²) in [5, 5.41) is 2.07. The summed E-state index contributed by atoms with van der Waals surface area (Å²) in [5.41, 5.74) is 1.34. The zero-order valence-electron chi connectivity index (χ0n) is 6.83. The van der Waals surface area contributed by atoms with Crippen molar-refractivity contribution in [3.8, 4) is 0 Å². The first-order valence-corrected chi connectivity index (χ1v) is 4.59. The third-order valence-corrected chi connectivity index (χ3v) is 2.86. The molecule has 3 heteroatoms. The Hall–Kier alpha value is -0.380. The van der Waals surface area contributed by atoms with Crippen LogP contribution in [0.5, 0.6) is 0 Å². The maximum atomic E-state index is 5.09. The Morgan fingerprint density at radius 1 is 1.73 bits per heavy atom. The van der Waals surface area contributed by atoms with Gasteiger partial charge in [-0.25, -0.2) is 5.90 Å². The van der Waals surface area contributed by atoms with Crippen molar-refractivity contribution in [1.29, 1.82) is 0 Å². The second kappa shape index (κ2) is 3.85. The maximum Gasteiger partial charge on any atom is 0.110 e. The summed E-state index contributed by atoms with van der Waals surface area (Å²) in [7, 11) is 0. The number of thiophene rings is 1. The van der Waals surface area contributed by atoms with Gasteiger partial charge in [-0.2, -0.15) is 0 Å². The molecule has 0 saturated carbocycles. The molecule has 0 aliphatic carbocycles. The summed E-state index contributed by atoms with van der Waals surface area (Å²) in [5.74, 6) is 5.09. The fraction of sp³-hybridized carbons (Fsp3) is 0.500. The largest absolute Gasteiger partial charge is 0.296 e. The van der Waals surface area contributed by atoms with Gasteiger partial charge in [0.15, 0.2) is 0 Å². The Kier molecular flexibility index (Phi) is 3.05. The average Bonchev–Trinajstić information content (AvgIpc) is 2.50. The SMILES string of the molecule is CCc1ccsc1C(C)ON. The Balaban J connectivity index is 2.83. The molecule has 1 atom stereocenters. The van der Waals surface area contributed by atoms with E-state index in [1.165, 1.54) is 10.4 Å². The third-order valence-electron chi connectivity index (χ3n) is 1.73. The molecule has 1 aromatic heterocycles. The first-order valence-electron chi connectivity index (χ1n) is 3.71. The van der Waals surface area contributed by atoms with Crippen LogP contribution in [0, 0.1) is 0 Å². The van der Waals surface area contributed by atoms with E-state index in [4.69, 9.17) is 10.7 Å². The fourth-order valence-electron chi connectivity index (χ4n) is 1.06. The van der Waals surface area contributed by atoms with Crippen LogP contribution in [0.3, 0.4) is 0 Å². The third kappa shape index (κ3) is 1.80. The molecule has 11 heavy (non-hydrogen) atoms. The van der Waals surface area contributed by atoms with Crippen molar-refractivity contribution < 1.29 is 4.84 Å². The molecule has 1 aromatic rings. The van der Waals surface area contributed by atoms with Crippen molar-refractivity contribution in [1.82, 2.24) is 0 Å². The molecule has 0 aromatic carbocycles. The van der Waals surface area contributed by atoms with Crippen LogP contribution in [0.1, 0.15) is 30.4 Å². The van der Waals surface area contributed by atoms with Crippen molar-refractivity contribution in [2.24, 2.45) is 5.90 Å². The monoisotopic (exact) mass is 171 g/mol. The molecule has 1 heterocycles. The Bertz CT molecular complexity index is 222. The molecular weight excluding hydrogens is 158 g/mol. The number of rotatable bonds is 3. The van der Waals surface area contributed by atoms with Gasteiger partial charge in [0.25, 0.3) is 0 Å². The highest BCUT2D eigenvalue weighted by molar-refractivity contribution is 7.10.